The average Bonchev–Trinajstić information content (AvgIpc) is 3.02. The number of aromatic nitrogens is 1. The summed E-state index contributed by atoms with van der Waals surface area (Å²) < 4.78 is 5.05. The van der Waals surface area contributed by atoms with E-state index in [1.807, 2.05) is 11.8 Å². The van der Waals surface area contributed by atoms with Crippen LogP contribution in [0.2, 0.25) is 0 Å². The van der Waals surface area contributed by atoms with Crippen molar-refractivity contribution in [1.82, 2.24) is 9.88 Å². The maximum atomic E-state index is 13.8. The van der Waals surface area contributed by atoms with Gasteiger partial charge in [-0.1, -0.05) is 73.1 Å². The van der Waals surface area contributed by atoms with Gasteiger partial charge in [0.1, 0.15) is 0 Å². The third-order valence-corrected chi connectivity index (χ3v) is 7.91. The fraction of sp³-hybridized carbons (Fsp3) is 0.618. The first-order chi connectivity index (χ1) is 21.2. The van der Waals surface area contributed by atoms with Crippen molar-refractivity contribution in [2.24, 2.45) is 22.1 Å². The van der Waals surface area contributed by atoms with Crippen molar-refractivity contribution in [3.8, 4) is 5.88 Å². The van der Waals surface area contributed by atoms with Gasteiger partial charge in [-0.25, -0.2) is 4.79 Å². The largest absolute Gasteiger partial charge is 0.493 e. The molecule has 244 valence electrons. The first-order valence-electron chi connectivity index (χ1n) is 16.4. The predicted molar refractivity (Wildman–Crippen MR) is 177 cm³/mol. The lowest BCUT2D eigenvalue weighted by Crippen LogP contribution is -2.39. The monoisotopic (exact) mass is 611 g/mol. The molecule has 0 spiro atoms. The minimum Gasteiger partial charge on any atom is -0.493 e. The summed E-state index contributed by atoms with van der Waals surface area (Å²) in [5.74, 6) is -0.390. The van der Waals surface area contributed by atoms with Crippen molar-refractivity contribution >= 4 is 28.9 Å². The van der Waals surface area contributed by atoms with Gasteiger partial charge in [0.2, 0.25) is 5.88 Å². The summed E-state index contributed by atoms with van der Waals surface area (Å²) in [5.41, 5.74) is -0.0571. The molecule has 1 aromatic heterocycles. The van der Waals surface area contributed by atoms with E-state index in [4.69, 9.17) is 4.74 Å². The van der Waals surface area contributed by atoms with Crippen molar-refractivity contribution in [1.29, 1.82) is 0 Å². The van der Waals surface area contributed by atoms with Gasteiger partial charge in [-0.05, 0) is 62.3 Å². The van der Waals surface area contributed by atoms with E-state index in [-0.39, 0.29) is 29.5 Å². The maximum Gasteiger partial charge on any atom is 0.346 e. The Hall–Kier alpha value is -3.69. The number of azo groups is 1. The molecule has 2 unspecified atom stereocenters. The van der Waals surface area contributed by atoms with Gasteiger partial charge < -0.3 is 20.1 Å². The molecule has 0 aliphatic carbocycles. The highest BCUT2D eigenvalue weighted by Gasteiger charge is 2.25. The van der Waals surface area contributed by atoms with Crippen molar-refractivity contribution in [3.05, 3.63) is 45.7 Å². The zero-order valence-electron chi connectivity index (χ0n) is 27.6. The first-order valence-corrected chi connectivity index (χ1v) is 16.4. The highest BCUT2D eigenvalue weighted by atomic mass is 16.5. The van der Waals surface area contributed by atoms with Crippen LogP contribution in [0.3, 0.4) is 0 Å². The number of carbonyl (C=O) groups excluding carboxylic acids is 2. The van der Waals surface area contributed by atoms with E-state index >= 15 is 0 Å². The number of benzene rings is 1. The second kappa shape index (κ2) is 19.6. The second-order valence-electron chi connectivity index (χ2n) is 11.3. The summed E-state index contributed by atoms with van der Waals surface area (Å²) in [7, 11) is 0. The molecule has 10 heteroatoms. The molecule has 0 radical (unpaired) electrons. The number of hydrogen-bond donors (Lipinski definition) is 3. The highest BCUT2D eigenvalue weighted by Crippen LogP contribution is 2.36. The van der Waals surface area contributed by atoms with Crippen LogP contribution in [0.1, 0.15) is 120 Å². The van der Waals surface area contributed by atoms with E-state index in [0.717, 1.165) is 64.5 Å². The number of amides is 1. The molecule has 3 N–H and O–H groups in total. The highest BCUT2D eigenvalue weighted by molar-refractivity contribution is 5.99. The van der Waals surface area contributed by atoms with Gasteiger partial charge >= 0.3 is 5.97 Å². The van der Waals surface area contributed by atoms with Gasteiger partial charge in [0.15, 0.2) is 11.3 Å². The van der Waals surface area contributed by atoms with Crippen molar-refractivity contribution in [2.75, 3.05) is 31.6 Å². The molecule has 0 fully saturated rings. The number of carbonyl (C=O) groups is 2. The molecular weight excluding hydrogens is 558 g/mol. The Morgan fingerprint density at radius 1 is 0.909 bits per heavy atom. The number of anilines is 1. The topological polar surface area (TPSA) is 136 Å². The molecule has 1 aromatic carbocycles. The number of H-pyrrole nitrogens is 1. The summed E-state index contributed by atoms with van der Waals surface area (Å²) in [5, 5.41) is 21.9. The zero-order chi connectivity index (χ0) is 32.5. The summed E-state index contributed by atoms with van der Waals surface area (Å²) in [6.45, 7) is 14.4. The molecule has 10 nitrogen and oxygen atoms in total. The lowest BCUT2D eigenvalue weighted by Gasteiger charge is -2.31. The van der Waals surface area contributed by atoms with Crippen LogP contribution in [-0.2, 0) is 4.74 Å². The number of rotatable bonds is 20. The molecule has 0 bridgehead atoms. The molecule has 0 aliphatic heterocycles. The summed E-state index contributed by atoms with van der Waals surface area (Å²) >= 11 is 0. The first kappa shape index (κ1) is 36.5. The maximum absolute atomic E-state index is 13.8. The molecule has 2 atom stereocenters. The van der Waals surface area contributed by atoms with E-state index < -0.39 is 17.4 Å². The van der Waals surface area contributed by atoms with E-state index in [0.29, 0.717) is 36.1 Å². The molecular formula is C34H53N5O5. The van der Waals surface area contributed by atoms with Crippen LogP contribution in [-0.4, -0.2) is 53.1 Å². The van der Waals surface area contributed by atoms with E-state index in [2.05, 4.69) is 48.2 Å². The fourth-order valence-corrected chi connectivity index (χ4v) is 5.16. The molecule has 0 aliphatic rings. The summed E-state index contributed by atoms with van der Waals surface area (Å²) in [6.07, 6.45) is 9.63. The van der Waals surface area contributed by atoms with E-state index in [1.165, 1.54) is 0 Å². The normalized spacial score (nSPS) is 12.7. The smallest absolute Gasteiger partial charge is 0.346 e. The van der Waals surface area contributed by atoms with Crippen LogP contribution in [0.5, 0.6) is 5.88 Å². The molecule has 0 saturated heterocycles. The Labute approximate surface area is 262 Å². The number of esters is 1. The lowest BCUT2D eigenvalue weighted by molar-refractivity contribution is 0.0525. The Balaban J connectivity index is 2.37. The van der Waals surface area contributed by atoms with Crippen LogP contribution in [0.25, 0.3) is 0 Å². The Kier molecular flexibility index (Phi) is 16.2. The molecule has 2 rings (SSSR count). The van der Waals surface area contributed by atoms with Gasteiger partial charge in [-0.15, -0.1) is 5.11 Å². The minimum absolute atomic E-state index is 0.0156. The molecule has 44 heavy (non-hydrogen) atoms. The number of unbranched alkanes of at least 4 members (excludes halogenated alkanes) is 2. The fourth-order valence-electron chi connectivity index (χ4n) is 5.16. The molecule has 2 aromatic rings. The van der Waals surface area contributed by atoms with Gasteiger partial charge in [-0.2, -0.15) is 5.11 Å². The quantitative estimate of drug-likeness (QED) is 0.102. The molecule has 0 saturated carbocycles. The van der Waals surface area contributed by atoms with E-state index in [1.54, 1.807) is 31.2 Å². The average molecular weight is 612 g/mol. The summed E-state index contributed by atoms with van der Waals surface area (Å²) in [6, 6.07) is 6.89. The number of aromatic hydroxyl groups is 1. The number of pyridine rings is 1. The van der Waals surface area contributed by atoms with Crippen molar-refractivity contribution in [3.63, 3.8) is 0 Å². The lowest BCUT2D eigenvalue weighted by atomic mass is 9.95. The van der Waals surface area contributed by atoms with Crippen molar-refractivity contribution in [2.45, 2.75) is 99.3 Å². The third-order valence-electron chi connectivity index (χ3n) is 7.91. The number of ether oxygens (including phenoxy) is 1. The van der Waals surface area contributed by atoms with Crippen LogP contribution < -0.4 is 10.9 Å². The van der Waals surface area contributed by atoms with Crippen LogP contribution in [0.15, 0.2) is 39.3 Å². The summed E-state index contributed by atoms with van der Waals surface area (Å²) in [4.78, 5) is 43.2. The second-order valence-corrected chi connectivity index (χ2v) is 11.3. The number of nitrogens with one attached hydrogen (secondary N) is 2. The van der Waals surface area contributed by atoms with Crippen LogP contribution in [0.4, 0.5) is 17.1 Å². The minimum atomic E-state index is -0.823. The van der Waals surface area contributed by atoms with E-state index in [9.17, 15) is 19.5 Å². The standard InChI is InChI=1S/C34H53N5O5/c1-7-13-15-24(10-4)22-39(23-25(11-5)16-14-8-2)33(42)26-17-19-27(20-18-26)37-38-30-29(35-21-9-3)28(34(43)44-12-6)31(40)36-32(30)41/h17-20,24-25H,7-16,21-23H2,1-6H3,(H3,35,36,40,41)/b38-37+. The SMILES string of the molecule is CCCCC(CC)CN(CC(CC)CCCC)C(=O)c1ccc(/N=N/c2c(O)[nH]c(=O)c(C(=O)OCC)c2NCCC)cc1. The Morgan fingerprint density at radius 3 is 2.00 bits per heavy atom. The van der Waals surface area contributed by atoms with Gasteiger partial charge in [0.05, 0.1) is 18.0 Å². The van der Waals surface area contributed by atoms with Gasteiger partial charge in [-0.3, -0.25) is 14.6 Å². The molecule has 1 heterocycles. The van der Waals surface area contributed by atoms with Gasteiger partial charge in [0, 0.05) is 25.2 Å². The van der Waals surface area contributed by atoms with Crippen LogP contribution in [0, 0.1) is 11.8 Å². The van der Waals surface area contributed by atoms with Gasteiger partial charge in [0.25, 0.3) is 11.5 Å². The third kappa shape index (κ3) is 10.8. The number of aromatic amines is 1. The Bertz CT molecular complexity index is 1240. The number of hydrogen-bond acceptors (Lipinski definition) is 8. The van der Waals surface area contributed by atoms with Crippen LogP contribution >= 0.6 is 0 Å². The molecule has 1 amide bonds. The van der Waals surface area contributed by atoms with Crippen molar-refractivity contribution < 1.29 is 19.4 Å². The predicted octanol–water partition coefficient (Wildman–Crippen LogP) is 8.37. The number of nitrogens with zero attached hydrogens (tertiary/aromatic N) is 3. The zero-order valence-corrected chi connectivity index (χ0v) is 27.6. The Morgan fingerprint density at radius 2 is 1.50 bits per heavy atom.